The molecule has 7 heteroatoms. The van der Waals surface area contributed by atoms with Gasteiger partial charge in [-0.05, 0) is 49.2 Å². The molecule has 126 valence electrons. The van der Waals surface area contributed by atoms with Crippen LogP contribution in [0, 0.1) is 0 Å². The number of hydrogen-bond acceptors (Lipinski definition) is 4. The van der Waals surface area contributed by atoms with Gasteiger partial charge in [-0.3, -0.25) is 9.78 Å². The minimum absolute atomic E-state index is 0.250. The summed E-state index contributed by atoms with van der Waals surface area (Å²) in [4.78, 5) is 16.3. The summed E-state index contributed by atoms with van der Waals surface area (Å²) in [5, 5.41) is 2.71. The quantitative estimate of drug-likeness (QED) is 0.923. The Balaban J connectivity index is 1.72. The zero-order chi connectivity index (χ0) is 17.0. The molecule has 6 nitrogen and oxygen atoms in total. The number of amides is 1. The number of sulfonamides is 1. The summed E-state index contributed by atoms with van der Waals surface area (Å²) in [5.41, 5.74) is 0.839. The first-order chi connectivity index (χ1) is 11.6. The fourth-order valence-electron chi connectivity index (χ4n) is 2.66. The molecule has 0 radical (unpaired) electrons. The third-order valence-corrected chi connectivity index (χ3v) is 5.88. The average molecular weight is 345 g/mol. The summed E-state index contributed by atoms with van der Waals surface area (Å²) in [6.07, 6.45) is 4.42. The summed E-state index contributed by atoms with van der Waals surface area (Å²) in [6.45, 7) is 1.14. The Morgan fingerprint density at radius 2 is 1.71 bits per heavy atom. The number of hydrogen-bond donors (Lipinski definition) is 1. The van der Waals surface area contributed by atoms with Crippen molar-refractivity contribution in [1.29, 1.82) is 0 Å². The Kier molecular flexibility index (Phi) is 4.92. The molecule has 0 bridgehead atoms. The molecule has 0 saturated carbocycles. The van der Waals surface area contributed by atoms with Crippen molar-refractivity contribution in [3.05, 3.63) is 54.4 Å². The van der Waals surface area contributed by atoms with E-state index in [-0.39, 0.29) is 10.8 Å². The Labute approximate surface area is 141 Å². The Bertz CT molecular complexity index is 799. The number of carbonyl (C=O) groups excluding carboxylic acids is 1. The lowest BCUT2D eigenvalue weighted by molar-refractivity contribution is 0.102. The summed E-state index contributed by atoms with van der Waals surface area (Å²) in [6, 6.07) is 11.3. The second-order valence-corrected chi connectivity index (χ2v) is 7.60. The molecule has 3 rings (SSSR count). The van der Waals surface area contributed by atoms with Gasteiger partial charge < -0.3 is 5.32 Å². The van der Waals surface area contributed by atoms with Crippen molar-refractivity contribution in [2.75, 3.05) is 18.4 Å². The number of nitrogens with one attached hydrogen (secondary N) is 1. The normalized spacial score (nSPS) is 15.8. The van der Waals surface area contributed by atoms with Crippen LogP contribution in [0.4, 0.5) is 5.69 Å². The van der Waals surface area contributed by atoms with Gasteiger partial charge in [0.05, 0.1) is 4.90 Å². The van der Waals surface area contributed by atoms with Gasteiger partial charge in [-0.15, -0.1) is 0 Å². The zero-order valence-electron chi connectivity index (χ0n) is 13.2. The van der Waals surface area contributed by atoms with Crippen LogP contribution in [0.25, 0.3) is 0 Å². The molecule has 2 aromatic rings. The van der Waals surface area contributed by atoms with Gasteiger partial charge in [0.25, 0.3) is 5.91 Å². The molecule has 1 aromatic heterocycles. The molecular formula is C17H19N3O3S. The van der Waals surface area contributed by atoms with E-state index in [9.17, 15) is 13.2 Å². The Morgan fingerprint density at radius 3 is 2.33 bits per heavy atom. The fourth-order valence-corrected chi connectivity index (χ4v) is 4.17. The highest BCUT2D eigenvalue weighted by Gasteiger charge is 2.25. The number of nitrogens with zero attached hydrogens (tertiary/aromatic N) is 2. The first-order valence-electron chi connectivity index (χ1n) is 7.90. The van der Waals surface area contributed by atoms with Crippen molar-refractivity contribution in [1.82, 2.24) is 9.29 Å². The molecule has 0 aliphatic carbocycles. The predicted molar refractivity (Wildman–Crippen MR) is 91.2 cm³/mol. The third-order valence-electron chi connectivity index (χ3n) is 3.96. The molecule has 0 atom stereocenters. The van der Waals surface area contributed by atoms with Crippen LogP contribution in [-0.2, 0) is 10.0 Å². The van der Waals surface area contributed by atoms with Crippen molar-refractivity contribution in [2.24, 2.45) is 0 Å². The van der Waals surface area contributed by atoms with E-state index < -0.39 is 10.0 Å². The fraction of sp³-hybridized carbons (Fsp3) is 0.294. The smallest absolute Gasteiger partial charge is 0.274 e. The van der Waals surface area contributed by atoms with E-state index in [4.69, 9.17) is 0 Å². The first-order valence-corrected chi connectivity index (χ1v) is 9.34. The average Bonchev–Trinajstić information content (AvgIpc) is 2.63. The maximum absolute atomic E-state index is 12.6. The highest BCUT2D eigenvalue weighted by molar-refractivity contribution is 7.89. The minimum atomic E-state index is -3.45. The van der Waals surface area contributed by atoms with Gasteiger partial charge in [0.2, 0.25) is 10.0 Å². The van der Waals surface area contributed by atoms with Crippen molar-refractivity contribution in [2.45, 2.75) is 24.2 Å². The highest BCUT2D eigenvalue weighted by atomic mass is 32.2. The lowest BCUT2D eigenvalue weighted by Crippen LogP contribution is -2.35. The van der Waals surface area contributed by atoms with Crippen molar-refractivity contribution < 1.29 is 13.2 Å². The van der Waals surface area contributed by atoms with Crippen LogP contribution in [0.15, 0.2) is 53.6 Å². The van der Waals surface area contributed by atoms with E-state index in [0.29, 0.717) is 24.5 Å². The van der Waals surface area contributed by atoms with E-state index in [1.807, 2.05) is 0 Å². The van der Waals surface area contributed by atoms with Crippen molar-refractivity contribution in [3.8, 4) is 0 Å². The predicted octanol–water partition coefficient (Wildman–Crippen LogP) is 2.51. The maximum Gasteiger partial charge on any atom is 0.274 e. The molecule has 1 N–H and O–H groups in total. The number of rotatable bonds is 4. The monoisotopic (exact) mass is 345 g/mol. The molecule has 0 unspecified atom stereocenters. The number of carbonyl (C=O) groups is 1. The van der Waals surface area contributed by atoms with Crippen LogP contribution < -0.4 is 5.32 Å². The standard InChI is InChI=1S/C17H19N3O3S/c21-17(16-6-2-3-11-18-16)19-14-7-9-15(10-8-14)24(22,23)20-12-4-1-5-13-20/h2-3,6-11H,1,4-5,12-13H2,(H,19,21). The third kappa shape index (κ3) is 3.63. The molecular weight excluding hydrogens is 326 g/mol. The number of piperidine rings is 1. The molecule has 1 fully saturated rings. The highest BCUT2D eigenvalue weighted by Crippen LogP contribution is 2.22. The SMILES string of the molecule is O=C(Nc1ccc(S(=O)(=O)N2CCCCC2)cc1)c1ccccn1. The summed E-state index contributed by atoms with van der Waals surface area (Å²) in [7, 11) is -3.45. The lowest BCUT2D eigenvalue weighted by Gasteiger charge is -2.25. The van der Waals surface area contributed by atoms with Gasteiger partial charge >= 0.3 is 0 Å². The molecule has 1 aromatic carbocycles. The van der Waals surface area contributed by atoms with Crippen LogP contribution in [0.1, 0.15) is 29.8 Å². The summed E-state index contributed by atoms with van der Waals surface area (Å²) in [5.74, 6) is -0.331. The van der Waals surface area contributed by atoms with Crippen molar-refractivity contribution >= 4 is 21.6 Å². The maximum atomic E-state index is 12.6. The van der Waals surface area contributed by atoms with Crippen LogP contribution in [0.5, 0.6) is 0 Å². The van der Waals surface area contributed by atoms with Gasteiger partial charge in [0.15, 0.2) is 0 Å². The molecule has 1 saturated heterocycles. The van der Waals surface area contributed by atoms with Gasteiger partial charge in [0, 0.05) is 25.0 Å². The lowest BCUT2D eigenvalue weighted by atomic mass is 10.2. The van der Waals surface area contributed by atoms with E-state index in [1.54, 1.807) is 36.5 Å². The molecule has 1 aliphatic heterocycles. The van der Waals surface area contributed by atoms with Crippen LogP contribution in [-0.4, -0.2) is 36.7 Å². The molecule has 24 heavy (non-hydrogen) atoms. The minimum Gasteiger partial charge on any atom is -0.321 e. The molecule has 0 spiro atoms. The van der Waals surface area contributed by atoms with Crippen LogP contribution >= 0.6 is 0 Å². The van der Waals surface area contributed by atoms with Gasteiger partial charge in [0.1, 0.15) is 5.69 Å². The van der Waals surface area contributed by atoms with Gasteiger partial charge in [-0.2, -0.15) is 4.31 Å². The van der Waals surface area contributed by atoms with Gasteiger partial charge in [-0.25, -0.2) is 8.42 Å². The van der Waals surface area contributed by atoms with E-state index in [0.717, 1.165) is 19.3 Å². The molecule has 1 aliphatic rings. The number of aromatic nitrogens is 1. The van der Waals surface area contributed by atoms with Crippen LogP contribution in [0.3, 0.4) is 0 Å². The van der Waals surface area contributed by atoms with Crippen molar-refractivity contribution in [3.63, 3.8) is 0 Å². The molecule has 2 heterocycles. The van der Waals surface area contributed by atoms with Crippen LogP contribution in [0.2, 0.25) is 0 Å². The largest absolute Gasteiger partial charge is 0.321 e. The Morgan fingerprint density at radius 1 is 1.00 bits per heavy atom. The first kappa shape index (κ1) is 16.6. The number of pyridine rings is 1. The summed E-state index contributed by atoms with van der Waals surface area (Å²) < 4.78 is 26.7. The van der Waals surface area contributed by atoms with E-state index in [1.165, 1.54) is 16.4 Å². The van der Waals surface area contributed by atoms with E-state index in [2.05, 4.69) is 10.3 Å². The molecule has 1 amide bonds. The number of benzene rings is 1. The second-order valence-electron chi connectivity index (χ2n) is 5.66. The van der Waals surface area contributed by atoms with Gasteiger partial charge in [-0.1, -0.05) is 12.5 Å². The Hall–Kier alpha value is -2.25. The summed E-state index contributed by atoms with van der Waals surface area (Å²) >= 11 is 0. The zero-order valence-corrected chi connectivity index (χ0v) is 14.0. The van der Waals surface area contributed by atoms with E-state index >= 15 is 0 Å². The number of anilines is 1. The topological polar surface area (TPSA) is 79.4 Å². The second kappa shape index (κ2) is 7.11.